The molecule has 1 aromatic heterocycles. The van der Waals surface area contributed by atoms with Gasteiger partial charge in [-0.05, 0) is 36.8 Å². The summed E-state index contributed by atoms with van der Waals surface area (Å²) in [4.78, 5) is 10.2. The Bertz CT molecular complexity index is 649. The molecule has 4 nitrogen and oxygen atoms in total. The van der Waals surface area contributed by atoms with Crippen LogP contribution in [0.5, 0.6) is 0 Å². The molecule has 0 radical (unpaired) electrons. The van der Waals surface area contributed by atoms with Crippen molar-refractivity contribution in [3.63, 3.8) is 0 Å². The summed E-state index contributed by atoms with van der Waals surface area (Å²) < 4.78 is 0. The van der Waals surface area contributed by atoms with E-state index in [1.54, 1.807) is 0 Å². The van der Waals surface area contributed by atoms with Gasteiger partial charge in [0, 0.05) is 43.8 Å². The molecule has 1 saturated heterocycles. The lowest BCUT2D eigenvalue weighted by Crippen LogP contribution is -2.46. The summed E-state index contributed by atoms with van der Waals surface area (Å²) >= 11 is 0. The van der Waals surface area contributed by atoms with Crippen molar-refractivity contribution in [3.05, 3.63) is 36.0 Å². The second-order valence-electron chi connectivity index (χ2n) is 6.28. The predicted molar refractivity (Wildman–Crippen MR) is 109 cm³/mol. The molecule has 0 spiro atoms. The van der Waals surface area contributed by atoms with E-state index in [2.05, 4.69) is 57.6 Å². The van der Waals surface area contributed by atoms with E-state index in [0.29, 0.717) is 0 Å². The van der Waals surface area contributed by atoms with Gasteiger partial charge < -0.3 is 15.2 Å². The maximum absolute atomic E-state index is 4.45. The van der Waals surface area contributed by atoms with E-state index in [0.717, 1.165) is 37.9 Å². The van der Waals surface area contributed by atoms with Crippen molar-refractivity contribution in [1.29, 1.82) is 0 Å². The lowest BCUT2D eigenvalue weighted by molar-refractivity contribution is 0.266. The number of aliphatic imine (C=N–C) groups is 1. The van der Waals surface area contributed by atoms with Crippen LogP contribution in [0.1, 0.15) is 25.3 Å². The number of hydrogen-bond donors (Lipinski definition) is 2. The third kappa shape index (κ3) is 4.40. The van der Waals surface area contributed by atoms with Crippen molar-refractivity contribution in [2.45, 2.75) is 26.2 Å². The third-order valence-electron chi connectivity index (χ3n) is 4.52. The molecule has 0 saturated carbocycles. The largest absolute Gasteiger partial charge is 0.361 e. The zero-order valence-electron chi connectivity index (χ0n) is 14.0. The number of aromatic nitrogens is 1. The molecule has 2 heterocycles. The monoisotopic (exact) mass is 426 g/mol. The summed E-state index contributed by atoms with van der Waals surface area (Å²) in [5.74, 6) is 1.81. The van der Waals surface area contributed by atoms with Gasteiger partial charge in [-0.15, -0.1) is 24.0 Å². The topological polar surface area (TPSA) is 43.4 Å². The molecule has 5 heteroatoms. The number of nitrogens with zero attached hydrogens (tertiary/aromatic N) is 2. The first-order valence-electron chi connectivity index (χ1n) is 8.28. The predicted octanol–water partition coefficient (Wildman–Crippen LogP) is 3.64. The number of H-pyrrole nitrogens is 1. The van der Waals surface area contributed by atoms with E-state index in [1.165, 1.54) is 29.3 Å². The lowest BCUT2D eigenvalue weighted by Gasteiger charge is -2.33. The maximum Gasteiger partial charge on any atom is 0.193 e. The number of benzene rings is 1. The molecule has 3 rings (SSSR count). The maximum atomic E-state index is 4.45. The molecule has 2 aromatic rings. The Hall–Kier alpha value is -1.24. The van der Waals surface area contributed by atoms with Crippen LogP contribution in [-0.2, 0) is 6.42 Å². The number of nitrogens with one attached hydrogen (secondary N) is 2. The zero-order chi connectivity index (χ0) is 15.4. The Morgan fingerprint density at radius 3 is 3.00 bits per heavy atom. The lowest BCUT2D eigenvalue weighted by atomic mass is 10.0. The van der Waals surface area contributed by atoms with Crippen molar-refractivity contribution in [2.24, 2.45) is 10.9 Å². The van der Waals surface area contributed by atoms with E-state index < -0.39 is 0 Å². The molecule has 1 unspecified atom stereocenters. The highest BCUT2D eigenvalue weighted by atomic mass is 127. The number of fused-ring (bicyclic) bond motifs is 1. The van der Waals surface area contributed by atoms with E-state index >= 15 is 0 Å². The molecular weight excluding hydrogens is 399 g/mol. The van der Waals surface area contributed by atoms with Crippen LogP contribution >= 0.6 is 24.0 Å². The van der Waals surface area contributed by atoms with Gasteiger partial charge in [0.1, 0.15) is 0 Å². The number of piperidine rings is 1. The van der Waals surface area contributed by atoms with Crippen LogP contribution in [-0.4, -0.2) is 42.5 Å². The van der Waals surface area contributed by atoms with Gasteiger partial charge in [-0.1, -0.05) is 25.1 Å². The average molecular weight is 426 g/mol. The van der Waals surface area contributed by atoms with Crippen LogP contribution in [0.15, 0.2) is 35.5 Å². The van der Waals surface area contributed by atoms with Gasteiger partial charge >= 0.3 is 0 Å². The Morgan fingerprint density at radius 1 is 1.39 bits per heavy atom. The number of hydrogen-bond acceptors (Lipinski definition) is 1. The SMILES string of the molecule is CN=C(NCCc1c[nH]c2ccccc12)N1CCCC(C)C1.I. The molecule has 1 atom stereocenters. The number of para-hydroxylation sites is 1. The molecule has 1 aromatic carbocycles. The highest BCUT2D eigenvalue weighted by Crippen LogP contribution is 2.18. The average Bonchev–Trinajstić information content (AvgIpc) is 2.95. The molecule has 0 aliphatic carbocycles. The molecule has 1 aliphatic heterocycles. The van der Waals surface area contributed by atoms with Gasteiger partial charge in [-0.3, -0.25) is 4.99 Å². The van der Waals surface area contributed by atoms with Crippen LogP contribution in [0.4, 0.5) is 0 Å². The zero-order valence-corrected chi connectivity index (χ0v) is 16.3. The Balaban J connectivity index is 0.00000192. The second kappa shape index (κ2) is 8.57. The standard InChI is InChI=1S/C18H26N4.HI/c1-14-6-5-11-22(13-14)18(19-2)20-10-9-15-12-21-17-8-4-3-7-16(15)17;/h3-4,7-8,12,14,21H,5-6,9-11,13H2,1-2H3,(H,19,20);1H. The van der Waals surface area contributed by atoms with Crippen LogP contribution in [0.2, 0.25) is 0 Å². The van der Waals surface area contributed by atoms with Crippen LogP contribution in [0.25, 0.3) is 10.9 Å². The number of likely N-dealkylation sites (tertiary alicyclic amines) is 1. The van der Waals surface area contributed by atoms with Gasteiger partial charge in [-0.25, -0.2) is 0 Å². The number of guanidine groups is 1. The summed E-state index contributed by atoms with van der Waals surface area (Å²) in [5.41, 5.74) is 2.58. The van der Waals surface area contributed by atoms with Crippen molar-refractivity contribution in [1.82, 2.24) is 15.2 Å². The van der Waals surface area contributed by atoms with Gasteiger partial charge in [0.05, 0.1) is 0 Å². The Kier molecular flexibility index (Phi) is 6.74. The van der Waals surface area contributed by atoms with Gasteiger partial charge in [0.2, 0.25) is 0 Å². The fourth-order valence-electron chi connectivity index (χ4n) is 3.36. The van der Waals surface area contributed by atoms with Crippen molar-refractivity contribution in [2.75, 3.05) is 26.7 Å². The number of aromatic amines is 1. The fourth-order valence-corrected chi connectivity index (χ4v) is 3.36. The quantitative estimate of drug-likeness (QED) is 0.447. The smallest absolute Gasteiger partial charge is 0.193 e. The van der Waals surface area contributed by atoms with Crippen molar-refractivity contribution in [3.8, 4) is 0 Å². The highest BCUT2D eigenvalue weighted by molar-refractivity contribution is 14.0. The molecule has 0 amide bonds. The van der Waals surface area contributed by atoms with E-state index in [4.69, 9.17) is 0 Å². The highest BCUT2D eigenvalue weighted by Gasteiger charge is 2.18. The molecule has 23 heavy (non-hydrogen) atoms. The third-order valence-corrected chi connectivity index (χ3v) is 4.52. The molecular formula is C18H27IN4. The van der Waals surface area contributed by atoms with Gasteiger partial charge in [0.25, 0.3) is 0 Å². The minimum absolute atomic E-state index is 0. The van der Waals surface area contributed by atoms with Crippen molar-refractivity contribution >= 4 is 40.8 Å². The minimum Gasteiger partial charge on any atom is -0.361 e. The van der Waals surface area contributed by atoms with E-state index in [-0.39, 0.29) is 24.0 Å². The number of halogens is 1. The van der Waals surface area contributed by atoms with E-state index in [9.17, 15) is 0 Å². The van der Waals surface area contributed by atoms with Crippen molar-refractivity contribution < 1.29 is 0 Å². The minimum atomic E-state index is 0. The Labute approximate surface area is 155 Å². The van der Waals surface area contributed by atoms with E-state index in [1.807, 2.05) is 7.05 Å². The van der Waals surface area contributed by atoms with Gasteiger partial charge in [-0.2, -0.15) is 0 Å². The fraction of sp³-hybridized carbons (Fsp3) is 0.500. The summed E-state index contributed by atoms with van der Waals surface area (Å²) in [7, 11) is 1.88. The molecule has 1 aliphatic rings. The molecule has 2 N–H and O–H groups in total. The first-order chi connectivity index (χ1) is 10.8. The van der Waals surface area contributed by atoms with Crippen LogP contribution in [0.3, 0.4) is 0 Å². The summed E-state index contributed by atoms with van der Waals surface area (Å²) in [5, 5.41) is 4.85. The molecule has 1 fully saturated rings. The summed E-state index contributed by atoms with van der Waals surface area (Å²) in [6.45, 7) is 5.48. The summed E-state index contributed by atoms with van der Waals surface area (Å²) in [6, 6.07) is 8.48. The van der Waals surface area contributed by atoms with Gasteiger partial charge in [0.15, 0.2) is 5.96 Å². The van der Waals surface area contributed by atoms with Crippen LogP contribution < -0.4 is 5.32 Å². The number of rotatable bonds is 3. The first kappa shape index (κ1) is 18.1. The Morgan fingerprint density at radius 2 is 2.22 bits per heavy atom. The van der Waals surface area contributed by atoms with Crippen LogP contribution in [0, 0.1) is 5.92 Å². The molecule has 126 valence electrons. The second-order valence-corrected chi connectivity index (χ2v) is 6.28. The summed E-state index contributed by atoms with van der Waals surface area (Å²) in [6.07, 6.45) is 5.73. The molecule has 0 bridgehead atoms. The normalized spacial score (nSPS) is 18.8. The first-order valence-corrected chi connectivity index (χ1v) is 8.28.